The van der Waals surface area contributed by atoms with E-state index in [2.05, 4.69) is 9.47 Å². The van der Waals surface area contributed by atoms with Crippen molar-refractivity contribution < 1.29 is 44.0 Å². The summed E-state index contributed by atoms with van der Waals surface area (Å²) < 4.78 is 9.09. The van der Waals surface area contributed by atoms with E-state index in [0.29, 0.717) is 0 Å². The van der Waals surface area contributed by atoms with Crippen LogP contribution >= 0.6 is 0 Å². The lowest BCUT2D eigenvalue weighted by Crippen LogP contribution is -2.25. The Morgan fingerprint density at radius 1 is 0.750 bits per heavy atom. The summed E-state index contributed by atoms with van der Waals surface area (Å²) in [6.45, 7) is -0.880. The van der Waals surface area contributed by atoms with Crippen molar-refractivity contribution in [2.45, 2.75) is 31.8 Å². The number of hydrogen-bond donors (Lipinski definition) is 3. The third kappa shape index (κ3) is 11.0. The van der Waals surface area contributed by atoms with Crippen LogP contribution < -0.4 is 0 Å². The van der Waals surface area contributed by atoms with E-state index < -0.39 is 43.2 Å². The lowest BCUT2D eigenvalue weighted by molar-refractivity contribution is -0.155. The van der Waals surface area contributed by atoms with E-state index in [1.54, 1.807) is 0 Å². The zero-order valence-corrected chi connectivity index (χ0v) is 10.6. The van der Waals surface area contributed by atoms with Crippen molar-refractivity contribution >= 4 is 23.9 Å². The van der Waals surface area contributed by atoms with E-state index >= 15 is 0 Å². The normalized spacial score (nSPS) is 10.1. The number of carbonyl (C=O) groups is 4. The quantitative estimate of drug-likeness (QED) is 0.438. The van der Waals surface area contributed by atoms with Crippen molar-refractivity contribution in [1.29, 1.82) is 0 Å². The Kier molecular flexibility index (Phi) is 8.68. The maximum atomic E-state index is 11.0. The minimum atomic E-state index is -1.25. The van der Waals surface area contributed by atoms with Crippen LogP contribution in [0.3, 0.4) is 0 Å². The molecule has 0 atom stereocenters. The highest BCUT2D eigenvalue weighted by atomic mass is 16.6. The van der Waals surface area contributed by atoms with Crippen LogP contribution in [0.5, 0.6) is 0 Å². The summed E-state index contributed by atoms with van der Waals surface area (Å²) in [7, 11) is 0. The first kappa shape index (κ1) is 17.8. The van der Waals surface area contributed by atoms with E-state index in [9.17, 15) is 24.3 Å². The van der Waals surface area contributed by atoms with Crippen LogP contribution in [0.4, 0.5) is 0 Å². The van der Waals surface area contributed by atoms with Crippen molar-refractivity contribution in [3.8, 4) is 0 Å². The summed E-state index contributed by atoms with van der Waals surface area (Å²) in [6, 6.07) is 0. The highest BCUT2D eigenvalue weighted by Crippen LogP contribution is 1.97. The third-order valence-corrected chi connectivity index (χ3v) is 1.96. The van der Waals surface area contributed by atoms with Gasteiger partial charge in [-0.1, -0.05) is 0 Å². The maximum Gasteiger partial charge on any atom is 0.306 e. The zero-order chi connectivity index (χ0) is 15.5. The Morgan fingerprint density at radius 2 is 1.10 bits per heavy atom. The molecule has 114 valence electrons. The molecule has 9 heteroatoms. The largest absolute Gasteiger partial charge is 0.481 e. The molecule has 9 nitrogen and oxygen atoms in total. The molecule has 3 N–H and O–H groups in total. The lowest BCUT2D eigenvalue weighted by atomic mass is 10.3. The molecule has 0 aromatic rings. The molecule has 0 saturated heterocycles. The number of esters is 2. The summed E-state index contributed by atoms with van der Waals surface area (Å²) >= 11 is 0. The minimum absolute atomic E-state index is 0.319. The number of carboxylic acid groups (broad SMARTS) is 2. The van der Waals surface area contributed by atoms with Crippen molar-refractivity contribution in [1.82, 2.24) is 0 Å². The molecule has 0 aromatic heterocycles. The fourth-order valence-corrected chi connectivity index (χ4v) is 0.989. The van der Waals surface area contributed by atoms with Gasteiger partial charge in [-0.3, -0.25) is 19.2 Å². The fraction of sp³-hybridized carbons (Fsp3) is 0.636. The number of rotatable bonds is 10. The zero-order valence-electron chi connectivity index (χ0n) is 10.6. The number of ether oxygens (including phenoxy) is 2. The van der Waals surface area contributed by atoms with Gasteiger partial charge in [-0.2, -0.15) is 0 Å². The molecule has 0 unspecified atom stereocenters. The molecule has 0 aliphatic heterocycles. The second-order valence-corrected chi connectivity index (χ2v) is 3.81. The van der Waals surface area contributed by atoms with Crippen LogP contribution in [-0.2, 0) is 28.7 Å². The molecule has 0 heterocycles. The van der Waals surface area contributed by atoms with Gasteiger partial charge in [-0.05, 0) is 0 Å². The molecule has 0 rings (SSSR count). The smallest absolute Gasteiger partial charge is 0.306 e. The van der Waals surface area contributed by atoms with Gasteiger partial charge in [0.25, 0.3) is 0 Å². The number of hydrogen-bond acceptors (Lipinski definition) is 7. The number of aliphatic carboxylic acids is 2. The van der Waals surface area contributed by atoms with Gasteiger partial charge in [0.2, 0.25) is 0 Å². The number of carbonyl (C=O) groups excluding carboxylic acids is 2. The predicted molar refractivity (Wildman–Crippen MR) is 61.7 cm³/mol. The first-order chi connectivity index (χ1) is 9.31. The molecule has 20 heavy (non-hydrogen) atoms. The summed E-state index contributed by atoms with van der Waals surface area (Å²) in [6.07, 6.45) is -2.64. The number of aliphatic hydroxyl groups excluding tert-OH is 1. The number of carboxylic acids is 2. The van der Waals surface area contributed by atoms with Gasteiger partial charge in [0.1, 0.15) is 19.3 Å². The van der Waals surface area contributed by atoms with Crippen LogP contribution in [0.2, 0.25) is 0 Å². The van der Waals surface area contributed by atoms with E-state index in [1.807, 2.05) is 0 Å². The molecular weight excluding hydrogens is 276 g/mol. The Morgan fingerprint density at radius 3 is 1.40 bits per heavy atom. The van der Waals surface area contributed by atoms with E-state index in [0.717, 1.165) is 0 Å². The van der Waals surface area contributed by atoms with Crippen LogP contribution in [0.1, 0.15) is 25.7 Å². The van der Waals surface area contributed by atoms with Gasteiger partial charge in [-0.15, -0.1) is 0 Å². The third-order valence-electron chi connectivity index (χ3n) is 1.96. The molecule has 0 aliphatic carbocycles. The Balaban J connectivity index is 3.70. The molecule has 0 fully saturated rings. The molecule has 0 amide bonds. The van der Waals surface area contributed by atoms with Crippen LogP contribution in [-0.4, -0.2) is 58.5 Å². The topological polar surface area (TPSA) is 147 Å². The highest BCUT2D eigenvalue weighted by molar-refractivity contribution is 5.77. The van der Waals surface area contributed by atoms with Crippen molar-refractivity contribution in [3.63, 3.8) is 0 Å². The molecule has 0 saturated carbocycles. The van der Waals surface area contributed by atoms with Crippen molar-refractivity contribution in [2.24, 2.45) is 0 Å². The second kappa shape index (κ2) is 9.73. The molecule has 0 bridgehead atoms. The van der Waals surface area contributed by atoms with Crippen LogP contribution in [0.25, 0.3) is 0 Å². The fourth-order valence-electron chi connectivity index (χ4n) is 0.989. The Labute approximate surface area is 114 Å². The molecule has 0 radical (unpaired) electrons. The van der Waals surface area contributed by atoms with Gasteiger partial charge >= 0.3 is 23.9 Å². The van der Waals surface area contributed by atoms with Gasteiger partial charge in [0, 0.05) is 0 Å². The standard InChI is InChI=1S/C11H16O9/c12-7(5-19-10(17)3-1-8(13)14)6-20-11(18)4-2-9(15)16/h7,12H,1-6H2,(H,13,14)(H,15,16). The Hall–Kier alpha value is -2.16. The van der Waals surface area contributed by atoms with Crippen molar-refractivity contribution in [2.75, 3.05) is 13.2 Å². The van der Waals surface area contributed by atoms with E-state index in [4.69, 9.17) is 10.2 Å². The summed E-state index contributed by atoms with van der Waals surface area (Å²) in [4.78, 5) is 42.3. The highest BCUT2D eigenvalue weighted by Gasteiger charge is 2.13. The van der Waals surface area contributed by atoms with Gasteiger partial charge in [-0.25, -0.2) is 0 Å². The van der Waals surface area contributed by atoms with E-state index in [1.165, 1.54) is 0 Å². The summed E-state index contributed by atoms with van der Waals surface area (Å²) in [5.74, 6) is -3.86. The molecule has 0 aromatic carbocycles. The minimum Gasteiger partial charge on any atom is -0.481 e. The molecular formula is C11H16O9. The number of aliphatic hydroxyl groups is 1. The average Bonchev–Trinajstić information content (AvgIpc) is 2.37. The van der Waals surface area contributed by atoms with E-state index in [-0.39, 0.29) is 25.7 Å². The Bertz CT molecular complexity index is 329. The summed E-state index contributed by atoms with van der Waals surface area (Å²) in [5.41, 5.74) is 0. The predicted octanol–water partition coefficient (Wildman–Crippen LogP) is -0.837. The SMILES string of the molecule is O=C(O)CCC(=O)OCC(O)COC(=O)CCC(=O)O. The first-order valence-electron chi connectivity index (χ1n) is 5.74. The monoisotopic (exact) mass is 292 g/mol. The summed E-state index contributed by atoms with van der Waals surface area (Å²) in [5, 5.41) is 26.0. The van der Waals surface area contributed by atoms with Crippen molar-refractivity contribution in [3.05, 3.63) is 0 Å². The van der Waals surface area contributed by atoms with Crippen LogP contribution in [0.15, 0.2) is 0 Å². The van der Waals surface area contributed by atoms with Crippen LogP contribution in [0, 0.1) is 0 Å². The average molecular weight is 292 g/mol. The lowest BCUT2D eigenvalue weighted by Gasteiger charge is -2.11. The maximum absolute atomic E-state index is 11.0. The van der Waals surface area contributed by atoms with Gasteiger partial charge in [0.05, 0.1) is 25.7 Å². The van der Waals surface area contributed by atoms with Gasteiger partial charge in [0.15, 0.2) is 0 Å². The second-order valence-electron chi connectivity index (χ2n) is 3.81. The first-order valence-corrected chi connectivity index (χ1v) is 5.74. The van der Waals surface area contributed by atoms with Gasteiger partial charge < -0.3 is 24.8 Å². The molecule has 0 aliphatic rings. The molecule has 0 spiro atoms.